The standard InChI is InChI=1S/C30H50O16/c1-12-7-14(32)8-30(3,4)15(12)6-5-13(2)43-29-26(46-28-25(40)22(37)20(35)17(9-31)44-28)23(38)21(36)18(45-29)11-42-27-24(39)19(34)16(33)10-41-27/h7,13,15-29,31,33-40H,5-6,8-11H2,1-4H3. The van der Waals surface area contributed by atoms with Crippen molar-refractivity contribution in [1.29, 1.82) is 0 Å². The van der Waals surface area contributed by atoms with Gasteiger partial charge in [-0.2, -0.15) is 0 Å². The number of aliphatic hydroxyl groups excluding tert-OH is 9. The molecule has 16 atom stereocenters. The molecule has 3 fully saturated rings. The second-order valence-corrected chi connectivity index (χ2v) is 13.5. The van der Waals surface area contributed by atoms with E-state index in [1.54, 1.807) is 13.0 Å². The van der Waals surface area contributed by atoms with Crippen LogP contribution in [-0.2, 0) is 33.2 Å². The van der Waals surface area contributed by atoms with Crippen molar-refractivity contribution in [2.75, 3.05) is 19.8 Å². The average molecular weight is 667 g/mol. The van der Waals surface area contributed by atoms with Crippen LogP contribution in [0, 0.1) is 11.3 Å². The lowest BCUT2D eigenvalue weighted by molar-refractivity contribution is -0.374. The first-order valence-corrected chi connectivity index (χ1v) is 15.7. The summed E-state index contributed by atoms with van der Waals surface area (Å²) in [5, 5.41) is 92.6. The van der Waals surface area contributed by atoms with Crippen LogP contribution in [0.2, 0.25) is 0 Å². The maximum Gasteiger partial charge on any atom is 0.187 e. The van der Waals surface area contributed by atoms with Crippen LogP contribution in [-0.4, -0.2) is 164 Å². The largest absolute Gasteiger partial charge is 0.394 e. The molecule has 0 radical (unpaired) electrons. The van der Waals surface area contributed by atoms with E-state index in [1.807, 2.05) is 20.8 Å². The van der Waals surface area contributed by atoms with Crippen molar-refractivity contribution in [2.24, 2.45) is 11.3 Å². The lowest BCUT2D eigenvalue weighted by atomic mass is 9.66. The Bertz CT molecular complexity index is 1040. The molecule has 9 N–H and O–H groups in total. The number of carbonyl (C=O) groups excluding carboxylic acids is 1. The number of aliphatic hydroxyl groups is 9. The minimum Gasteiger partial charge on any atom is -0.394 e. The monoisotopic (exact) mass is 666 g/mol. The maximum absolute atomic E-state index is 12.1. The molecule has 4 aliphatic rings. The van der Waals surface area contributed by atoms with Crippen molar-refractivity contribution in [3.8, 4) is 0 Å². The van der Waals surface area contributed by atoms with Gasteiger partial charge in [0.15, 0.2) is 24.7 Å². The quantitative estimate of drug-likeness (QED) is 0.105. The molecule has 1 aliphatic carbocycles. The number of hydrogen-bond donors (Lipinski definition) is 9. The first-order chi connectivity index (χ1) is 21.5. The van der Waals surface area contributed by atoms with E-state index in [0.717, 1.165) is 5.57 Å². The maximum atomic E-state index is 12.1. The molecule has 16 heteroatoms. The first-order valence-electron chi connectivity index (χ1n) is 15.7. The molecule has 46 heavy (non-hydrogen) atoms. The zero-order valence-corrected chi connectivity index (χ0v) is 26.4. The Morgan fingerprint density at radius 1 is 0.870 bits per heavy atom. The van der Waals surface area contributed by atoms with Gasteiger partial charge in [-0.15, -0.1) is 0 Å². The molecule has 0 saturated carbocycles. The fourth-order valence-electron chi connectivity index (χ4n) is 6.66. The van der Waals surface area contributed by atoms with E-state index in [2.05, 4.69) is 0 Å². The molecule has 16 unspecified atom stereocenters. The smallest absolute Gasteiger partial charge is 0.187 e. The van der Waals surface area contributed by atoms with Crippen LogP contribution in [0.3, 0.4) is 0 Å². The SMILES string of the molecule is CC1=CC(=O)CC(C)(C)C1CCC(C)OC1OC(COC2OCC(O)C(O)C2O)C(O)C(O)C1OC1OC(CO)C(O)C(O)C1O. The highest BCUT2D eigenvalue weighted by Gasteiger charge is 2.52. The highest BCUT2D eigenvalue weighted by Crippen LogP contribution is 2.42. The minimum atomic E-state index is -1.81. The van der Waals surface area contributed by atoms with Gasteiger partial charge in [0.2, 0.25) is 0 Å². The van der Waals surface area contributed by atoms with Gasteiger partial charge in [0.05, 0.1) is 25.9 Å². The van der Waals surface area contributed by atoms with Crippen LogP contribution in [0.1, 0.15) is 47.0 Å². The summed E-state index contributed by atoms with van der Waals surface area (Å²) in [6.45, 7) is 6.24. The number of ether oxygens (including phenoxy) is 6. The van der Waals surface area contributed by atoms with Crippen molar-refractivity contribution in [3.05, 3.63) is 11.6 Å². The molecule has 3 saturated heterocycles. The highest BCUT2D eigenvalue weighted by atomic mass is 16.8. The Morgan fingerprint density at radius 2 is 1.50 bits per heavy atom. The molecule has 3 heterocycles. The van der Waals surface area contributed by atoms with E-state index in [9.17, 15) is 50.8 Å². The van der Waals surface area contributed by atoms with Gasteiger partial charge in [-0.1, -0.05) is 19.4 Å². The fourth-order valence-corrected chi connectivity index (χ4v) is 6.66. The van der Waals surface area contributed by atoms with Gasteiger partial charge in [-0.3, -0.25) is 4.79 Å². The summed E-state index contributed by atoms with van der Waals surface area (Å²) >= 11 is 0. The predicted octanol–water partition coefficient (Wildman–Crippen LogP) is -3.18. The second-order valence-electron chi connectivity index (χ2n) is 13.5. The highest BCUT2D eigenvalue weighted by molar-refractivity contribution is 5.91. The van der Waals surface area contributed by atoms with Crippen LogP contribution in [0.15, 0.2) is 11.6 Å². The minimum absolute atomic E-state index is 0.0736. The zero-order valence-electron chi connectivity index (χ0n) is 26.4. The Balaban J connectivity index is 1.48. The number of ketones is 1. The average Bonchev–Trinajstić information content (AvgIpc) is 2.98. The summed E-state index contributed by atoms with van der Waals surface area (Å²) in [6, 6.07) is 0. The summed E-state index contributed by atoms with van der Waals surface area (Å²) < 4.78 is 34.2. The number of rotatable bonds is 11. The summed E-state index contributed by atoms with van der Waals surface area (Å²) in [5.74, 6) is 0.165. The molecule has 4 rings (SSSR count). The van der Waals surface area contributed by atoms with E-state index >= 15 is 0 Å². The summed E-state index contributed by atoms with van der Waals surface area (Å²) in [4.78, 5) is 12.1. The molecule has 16 nitrogen and oxygen atoms in total. The lowest BCUT2D eigenvalue weighted by Crippen LogP contribution is -2.65. The van der Waals surface area contributed by atoms with Crippen LogP contribution in [0.25, 0.3) is 0 Å². The van der Waals surface area contributed by atoms with E-state index in [0.29, 0.717) is 19.3 Å². The third-order valence-electron chi connectivity index (χ3n) is 9.40. The van der Waals surface area contributed by atoms with Crippen LogP contribution >= 0.6 is 0 Å². The van der Waals surface area contributed by atoms with Gasteiger partial charge in [0.1, 0.15) is 67.1 Å². The van der Waals surface area contributed by atoms with Crippen LogP contribution in [0.4, 0.5) is 0 Å². The van der Waals surface area contributed by atoms with Gasteiger partial charge in [0.25, 0.3) is 0 Å². The van der Waals surface area contributed by atoms with Gasteiger partial charge in [0, 0.05) is 6.42 Å². The molecule has 0 aromatic rings. The van der Waals surface area contributed by atoms with Gasteiger partial charge in [-0.05, 0) is 44.1 Å². The van der Waals surface area contributed by atoms with Crippen molar-refractivity contribution < 1.29 is 79.2 Å². The Kier molecular flexibility index (Phi) is 12.7. The normalized spacial score (nSPS) is 45.7. The fraction of sp³-hybridized carbons (Fsp3) is 0.900. The number of carbonyl (C=O) groups is 1. The third-order valence-corrected chi connectivity index (χ3v) is 9.40. The van der Waals surface area contributed by atoms with Crippen molar-refractivity contribution in [3.63, 3.8) is 0 Å². The molecule has 0 bridgehead atoms. The molecule has 266 valence electrons. The van der Waals surface area contributed by atoms with Gasteiger partial charge in [-0.25, -0.2) is 0 Å². The second kappa shape index (κ2) is 15.6. The van der Waals surface area contributed by atoms with Crippen LogP contribution in [0.5, 0.6) is 0 Å². The van der Waals surface area contributed by atoms with Gasteiger partial charge >= 0.3 is 0 Å². The zero-order chi connectivity index (χ0) is 34.1. The Labute approximate surface area is 267 Å². The molecular formula is C30H50O16. The van der Waals surface area contributed by atoms with Crippen molar-refractivity contribution in [2.45, 2.75) is 139 Å². The summed E-state index contributed by atoms with van der Waals surface area (Å²) in [6.07, 6.45) is -19.0. The van der Waals surface area contributed by atoms with Crippen LogP contribution < -0.4 is 0 Å². The molecule has 0 amide bonds. The molecule has 0 aromatic heterocycles. The van der Waals surface area contributed by atoms with E-state index < -0.39 is 105 Å². The summed E-state index contributed by atoms with van der Waals surface area (Å²) in [5.41, 5.74) is 0.691. The topological polar surface area (TPSA) is 255 Å². The van der Waals surface area contributed by atoms with E-state index in [1.165, 1.54) is 0 Å². The Hall–Kier alpha value is -1.19. The predicted molar refractivity (Wildman–Crippen MR) is 153 cm³/mol. The number of allylic oxidation sites excluding steroid dienone is 2. The number of hydrogen-bond acceptors (Lipinski definition) is 16. The molecular weight excluding hydrogens is 616 g/mol. The van der Waals surface area contributed by atoms with Crippen molar-refractivity contribution in [1.82, 2.24) is 0 Å². The van der Waals surface area contributed by atoms with Gasteiger partial charge < -0.3 is 74.4 Å². The first kappa shape index (κ1) is 37.6. The van der Waals surface area contributed by atoms with Crippen molar-refractivity contribution >= 4 is 5.78 Å². The molecule has 0 spiro atoms. The van der Waals surface area contributed by atoms with E-state index in [4.69, 9.17) is 28.4 Å². The molecule has 0 aromatic carbocycles. The molecule has 3 aliphatic heterocycles. The summed E-state index contributed by atoms with van der Waals surface area (Å²) in [7, 11) is 0. The Morgan fingerprint density at radius 3 is 2.15 bits per heavy atom. The van der Waals surface area contributed by atoms with E-state index in [-0.39, 0.29) is 23.7 Å². The lowest BCUT2D eigenvalue weighted by Gasteiger charge is -2.47. The third kappa shape index (κ3) is 8.33.